The second kappa shape index (κ2) is 7.30. The number of carboxylic acid groups (broad SMARTS) is 1. The van der Waals surface area contributed by atoms with Gasteiger partial charge in [0.2, 0.25) is 0 Å². The molecular formula is C19H16F2N6O2. The molecule has 29 heavy (non-hydrogen) atoms. The maximum absolute atomic E-state index is 13.6. The number of nitrogens with one attached hydrogen (secondary N) is 1. The molecule has 0 saturated carbocycles. The normalized spacial score (nSPS) is 11.3. The van der Waals surface area contributed by atoms with E-state index in [0.29, 0.717) is 22.5 Å². The minimum atomic E-state index is -2.76. The Kier molecular flexibility index (Phi) is 4.67. The van der Waals surface area contributed by atoms with E-state index in [-0.39, 0.29) is 17.7 Å². The van der Waals surface area contributed by atoms with E-state index in [1.807, 2.05) is 0 Å². The molecule has 0 unspecified atom stereocenters. The van der Waals surface area contributed by atoms with Crippen molar-refractivity contribution in [1.82, 2.24) is 29.7 Å². The number of rotatable bonds is 5. The predicted molar refractivity (Wildman–Crippen MR) is 100 cm³/mol. The summed E-state index contributed by atoms with van der Waals surface area (Å²) in [4.78, 5) is 15.4. The SMILES string of the molecule is Cn1cc(-c2cn3nccc3c(-c3ccc(CNC(=O)O)c(C(F)F)c3)n2)cn1. The minimum Gasteiger partial charge on any atom is -0.465 e. The first kappa shape index (κ1) is 18.5. The van der Waals surface area contributed by atoms with E-state index in [1.165, 1.54) is 12.1 Å². The molecule has 3 heterocycles. The van der Waals surface area contributed by atoms with E-state index in [9.17, 15) is 13.6 Å². The van der Waals surface area contributed by atoms with Gasteiger partial charge in [0.05, 0.1) is 35.5 Å². The van der Waals surface area contributed by atoms with Crippen LogP contribution in [0, 0.1) is 0 Å². The number of alkyl halides is 2. The van der Waals surface area contributed by atoms with Crippen LogP contribution in [0.4, 0.5) is 13.6 Å². The summed E-state index contributed by atoms with van der Waals surface area (Å²) in [6.07, 6.45) is 2.77. The Labute approximate surface area is 163 Å². The molecule has 0 aliphatic heterocycles. The number of fused-ring (bicyclic) bond motifs is 1. The van der Waals surface area contributed by atoms with Crippen molar-refractivity contribution in [2.45, 2.75) is 13.0 Å². The van der Waals surface area contributed by atoms with Crippen LogP contribution in [0.3, 0.4) is 0 Å². The molecule has 0 saturated heterocycles. The third-order valence-electron chi connectivity index (χ3n) is 4.47. The summed E-state index contributed by atoms with van der Waals surface area (Å²) in [6.45, 7) is -0.208. The maximum atomic E-state index is 13.6. The summed E-state index contributed by atoms with van der Waals surface area (Å²) in [5.74, 6) is 0. The van der Waals surface area contributed by atoms with E-state index in [1.54, 1.807) is 53.2 Å². The van der Waals surface area contributed by atoms with E-state index in [4.69, 9.17) is 5.11 Å². The van der Waals surface area contributed by atoms with Crippen LogP contribution < -0.4 is 5.32 Å². The second-order valence-corrected chi connectivity index (χ2v) is 6.41. The van der Waals surface area contributed by atoms with Gasteiger partial charge in [-0.05, 0) is 17.7 Å². The Morgan fingerprint density at radius 1 is 1.21 bits per heavy atom. The highest BCUT2D eigenvalue weighted by atomic mass is 19.3. The molecule has 10 heteroatoms. The molecule has 3 aromatic heterocycles. The summed E-state index contributed by atoms with van der Waals surface area (Å²) >= 11 is 0. The molecule has 4 aromatic rings. The molecule has 0 fully saturated rings. The van der Waals surface area contributed by atoms with Crippen molar-refractivity contribution in [2.24, 2.45) is 7.05 Å². The first-order valence-electron chi connectivity index (χ1n) is 8.64. The van der Waals surface area contributed by atoms with Crippen molar-refractivity contribution in [2.75, 3.05) is 0 Å². The molecule has 8 nitrogen and oxygen atoms in total. The van der Waals surface area contributed by atoms with Crippen molar-refractivity contribution >= 4 is 11.6 Å². The number of benzene rings is 1. The van der Waals surface area contributed by atoms with Gasteiger partial charge in [-0.3, -0.25) is 4.68 Å². The lowest BCUT2D eigenvalue weighted by Crippen LogP contribution is -2.20. The molecule has 1 amide bonds. The third-order valence-corrected chi connectivity index (χ3v) is 4.47. The summed E-state index contributed by atoms with van der Waals surface area (Å²) in [7, 11) is 1.79. The van der Waals surface area contributed by atoms with Gasteiger partial charge in [0.25, 0.3) is 6.43 Å². The fourth-order valence-corrected chi connectivity index (χ4v) is 3.11. The Morgan fingerprint density at radius 3 is 2.72 bits per heavy atom. The standard InChI is InChI=1S/C19H16F2N6O2/c1-26-9-13(8-24-26)15-10-27-16(4-5-23-27)17(25-15)11-2-3-12(7-22-19(28)29)14(6-11)18(20)21/h2-6,8-10,18,22H,7H2,1H3,(H,28,29). The van der Waals surface area contributed by atoms with Crippen molar-refractivity contribution in [3.8, 4) is 22.5 Å². The number of hydrogen-bond donors (Lipinski definition) is 2. The lowest BCUT2D eigenvalue weighted by atomic mass is 10.0. The smallest absolute Gasteiger partial charge is 0.404 e. The second-order valence-electron chi connectivity index (χ2n) is 6.41. The molecule has 2 N–H and O–H groups in total. The molecule has 0 radical (unpaired) electrons. The molecule has 0 aliphatic carbocycles. The average molecular weight is 398 g/mol. The van der Waals surface area contributed by atoms with Crippen LogP contribution in [0.25, 0.3) is 28.0 Å². The number of amides is 1. The molecular weight excluding hydrogens is 382 g/mol. The van der Waals surface area contributed by atoms with Gasteiger partial charge in [-0.1, -0.05) is 12.1 Å². The van der Waals surface area contributed by atoms with Crippen LogP contribution >= 0.6 is 0 Å². The number of hydrogen-bond acceptors (Lipinski definition) is 4. The highest BCUT2D eigenvalue weighted by Gasteiger charge is 2.18. The van der Waals surface area contributed by atoms with Gasteiger partial charge >= 0.3 is 6.09 Å². The molecule has 0 aliphatic rings. The highest BCUT2D eigenvalue weighted by molar-refractivity contribution is 5.79. The summed E-state index contributed by atoms with van der Waals surface area (Å²) in [5, 5.41) is 19.3. The van der Waals surface area contributed by atoms with Gasteiger partial charge < -0.3 is 10.4 Å². The first-order valence-corrected chi connectivity index (χ1v) is 8.64. The van der Waals surface area contributed by atoms with Gasteiger partial charge in [-0.15, -0.1) is 0 Å². The van der Waals surface area contributed by atoms with Gasteiger partial charge in [-0.25, -0.2) is 23.1 Å². The Bertz CT molecular complexity index is 1200. The lowest BCUT2D eigenvalue weighted by molar-refractivity contribution is 0.149. The summed E-state index contributed by atoms with van der Waals surface area (Å²) < 4.78 is 30.5. The zero-order valence-corrected chi connectivity index (χ0v) is 15.3. The molecule has 0 spiro atoms. The number of halogens is 2. The van der Waals surface area contributed by atoms with Crippen LogP contribution in [0.5, 0.6) is 0 Å². The first-order chi connectivity index (χ1) is 13.9. The molecule has 4 rings (SSSR count). The van der Waals surface area contributed by atoms with Crippen LogP contribution in [0.1, 0.15) is 17.6 Å². The van der Waals surface area contributed by atoms with Gasteiger partial charge in [0.1, 0.15) is 0 Å². The molecule has 1 aromatic carbocycles. The monoisotopic (exact) mass is 398 g/mol. The number of nitrogens with zero attached hydrogens (tertiary/aromatic N) is 5. The van der Waals surface area contributed by atoms with Crippen molar-refractivity contribution < 1.29 is 18.7 Å². The number of carbonyl (C=O) groups is 1. The van der Waals surface area contributed by atoms with Crippen molar-refractivity contribution in [3.05, 3.63) is 60.2 Å². The Hall–Kier alpha value is -3.82. The number of aromatic nitrogens is 5. The van der Waals surface area contributed by atoms with E-state index in [2.05, 4.69) is 20.5 Å². The van der Waals surface area contributed by atoms with Crippen LogP contribution in [-0.2, 0) is 13.6 Å². The van der Waals surface area contributed by atoms with Gasteiger partial charge in [0, 0.05) is 36.5 Å². The molecule has 0 atom stereocenters. The van der Waals surface area contributed by atoms with Crippen molar-refractivity contribution in [3.63, 3.8) is 0 Å². The van der Waals surface area contributed by atoms with E-state index in [0.717, 1.165) is 5.56 Å². The van der Waals surface area contributed by atoms with E-state index >= 15 is 0 Å². The maximum Gasteiger partial charge on any atom is 0.404 e. The summed E-state index contributed by atoms with van der Waals surface area (Å²) in [6, 6.07) is 6.22. The Balaban J connectivity index is 1.84. The zero-order valence-electron chi connectivity index (χ0n) is 15.3. The highest BCUT2D eigenvalue weighted by Crippen LogP contribution is 2.31. The van der Waals surface area contributed by atoms with Gasteiger partial charge in [0.15, 0.2) is 0 Å². The fraction of sp³-hybridized carbons (Fsp3) is 0.158. The lowest BCUT2D eigenvalue weighted by Gasteiger charge is -2.12. The third kappa shape index (κ3) is 3.64. The fourth-order valence-electron chi connectivity index (χ4n) is 3.11. The van der Waals surface area contributed by atoms with Crippen LogP contribution in [0.2, 0.25) is 0 Å². The average Bonchev–Trinajstić information content (AvgIpc) is 3.34. The van der Waals surface area contributed by atoms with E-state index < -0.39 is 12.5 Å². The Morgan fingerprint density at radius 2 is 2.03 bits per heavy atom. The molecule has 0 bridgehead atoms. The summed E-state index contributed by atoms with van der Waals surface area (Å²) in [5.41, 5.74) is 2.96. The predicted octanol–water partition coefficient (Wildman–Crippen LogP) is 3.50. The number of aryl methyl sites for hydroxylation is 1. The van der Waals surface area contributed by atoms with Crippen molar-refractivity contribution in [1.29, 1.82) is 0 Å². The minimum absolute atomic E-state index is 0.207. The topological polar surface area (TPSA) is 97.3 Å². The quantitative estimate of drug-likeness (QED) is 0.536. The van der Waals surface area contributed by atoms with Gasteiger partial charge in [-0.2, -0.15) is 10.2 Å². The van der Waals surface area contributed by atoms with Crippen LogP contribution in [-0.4, -0.2) is 35.6 Å². The van der Waals surface area contributed by atoms with Crippen LogP contribution in [0.15, 0.2) is 49.1 Å². The molecule has 148 valence electrons. The largest absolute Gasteiger partial charge is 0.465 e. The zero-order chi connectivity index (χ0) is 20.5.